The van der Waals surface area contributed by atoms with Crippen molar-refractivity contribution in [1.29, 1.82) is 0 Å². The van der Waals surface area contributed by atoms with Gasteiger partial charge in [-0.3, -0.25) is 4.79 Å². The van der Waals surface area contributed by atoms with Gasteiger partial charge in [-0.15, -0.1) is 0 Å². The molecule has 1 aliphatic heterocycles. The molecule has 202 valence electrons. The molecule has 0 bridgehead atoms. The molecule has 2 N–H and O–H groups in total. The summed E-state index contributed by atoms with van der Waals surface area (Å²) in [5.41, 5.74) is 1.13. The molecular formula is C30H47NO5. The van der Waals surface area contributed by atoms with E-state index < -0.39 is 17.5 Å². The number of esters is 1. The first kappa shape index (κ1) is 26.2. The van der Waals surface area contributed by atoms with Gasteiger partial charge in [0.2, 0.25) is 0 Å². The second kappa shape index (κ2) is 9.41. The van der Waals surface area contributed by atoms with E-state index in [0.29, 0.717) is 50.1 Å². The molecule has 0 spiro atoms. The number of likely N-dealkylation sites (tertiary alicyclic amines) is 1. The first-order chi connectivity index (χ1) is 17.0. The summed E-state index contributed by atoms with van der Waals surface area (Å²) in [5, 5.41) is 20.7. The average Bonchev–Trinajstić information content (AvgIpc) is 3.22. The van der Waals surface area contributed by atoms with Gasteiger partial charge in [0.05, 0.1) is 11.7 Å². The number of hydrogen-bond acceptors (Lipinski definition) is 5. The van der Waals surface area contributed by atoms with Crippen molar-refractivity contribution in [2.75, 3.05) is 13.1 Å². The van der Waals surface area contributed by atoms with Gasteiger partial charge in [-0.2, -0.15) is 0 Å². The maximum absolute atomic E-state index is 12.9. The minimum absolute atomic E-state index is 0.128. The number of aliphatic hydroxyl groups is 2. The largest absolute Gasteiger partial charge is 0.455 e. The number of carbonyl (C=O) groups is 2. The molecule has 5 aliphatic rings. The van der Waals surface area contributed by atoms with Gasteiger partial charge >= 0.3 is 11.9 Å². The van der Waals surface area contributed by atoms with Crippen molar-refractivity contribution in [3.8, 4) is 0 Å². The number of allylic oxidation sites excluding steroid dienone is 1. The van der Waals surface area contributed by atoms with Crippen LogP contribution in [-0.4, -0.2) is 57.9 Å². The topological polar surface area (TPSA) is 87.1 Å². The van der Waals surface area contributed by atoms with Crippen molar-refractivity contribution in [1.82, 2.24) is 4.90 Å². The number of hydrogen-bond donors (Lipinski definition) is 2. The normalized spacial score (nSPS) is 42.4. The van der Waals surface area contributed by atoms with Crippen molar-refractivity contribution in [2.45, 2.75) is 116 Å². The fourth-order valence-corrected chi connectivity index (χ4v) is 9.36. The van der Waals surface area contributed by atoms with E-state index in [4.69, 9.17) is 4.74 Å². The summed E-state index contributed by atoms with van der Waals surface area (Å²) in [7, 11) is 0. The summed E-state index contributed by atoms with van der Waals surface area (Å²) >= 11 is 0. The van der Waals surface area contributed by atoms with Crippen LogP contribution in [0.4, 0.5) is 0 Å². The number of nitrogens with zero attached hydrogens (tertiary/aromatic N) is 1. The maximum Gasteiger partial charge on any atom is 0.397 e. The Morgan fingerprint density at radius 3 is 2.50 bits per heavy atom. The van der Waals surface area contributed by atoms with E-state index in [1.807, 2.05) is 13.8 Å². The summed E-state index contributed by atoms with van der Waals surface area (Å²) in [6.07, 6.45) is 12.2. The predicted octanol–water partition coefficient (Wildman–Crippen LogP) is 4.62. The lowest BCUT2D eigenvalue weighted by Gasteiger charge is -2.58. The first-order valence-corrected chi connectivity index (χ1v) is 14.6. The zero-order valence-electron chi connectivity index (χ0n) is 22.8. The minimum atomic E-state index is -0.733. The lowest BCUT2D eigenvalue weighted by Crippen LogP contribution is -2.52. The number of ether oxygens (including phenoxy) is 1. The minimum Gasteiger partial charge on any atom is -0.455 e. The van der Waals surface area contributed by atoms with Gasteiger partial charge in [0, 0.05) is 19.0 Å². The number of aliphatic hydroxyl groups excluding tert-OH is 1. The van der Waals surface area contributed by atoms with Crippen molar-refractivity contribution in [3.63, 3.8) is 0 Å². The smallest absolute Gasteiger partial charge is 0.397 e. The van der Waals surface area contributed by atoms with E-state index >= 15 is 0 Å². The fourth-order valence-electron chi connectivity index (χ4n) is 9.36. The molecule has 4 aliphatic carbocycles. The summed E-state index contributed by atoms with van der Waals surface area (Å²) in [5.74, 6) is 0.950. The van der Waals surface area contributed by atoms with E-state index in [1.165, 1.54) is 18.4 Å². The van der Waals surface area contributed by atoms with Gasteiger partial charge < -0.3 is 19.8 Å². The second-order valence-electron chi connectivity index (χ2n) is 13.4. The molecule has 0 aromatic carbocycles. The zero-order chi connectivity index (χ0) is 25.9. The average molecular weight is 502 g/mol. The Kier molecular flexibility index (Phi) is 6.85. The molecule has 3 saturated carbocycles. The molecule has 0 aromatic rings. The Morgan fingerprint density at radius 1 is 1.08 bits per heavy atom. The quantitative estimate of drug-likeness (QED) is 0.335. The Balaban J connectivity index is 1.23. The third-order valence-electron chi connectivity index (χ3n) is 11.8. The lowest BCUT2D eigenvalue weighted by molar-refractivity contribution is -0.169. The number of carbonyl (C=O) groups excluding carboxylic acids is 2. The van der Waals surface area contributed by atoms with Crippen molar-refractivity contribution in [3.05, 3.63) is 11.6 Å². The van der Waals surface area contributed by atoms with E-state index in [0.717, 1.165) is 38.5 Å². The van der Waals surface area contributed by atoms with Gasteiger partial charge in [-0.05, 0) is 106 Å². The standard InChI is InChI=1S/C30H47NO5/c1-5-30(35)14-16-31(17-15-30)26(33)27(34)36-19(2)23-8-9-24-22-7-6-20-18-21(32)10-12-28(20,3)25(22)11-13-29(23,24)4/h6,19,21-25,32,35H,5,7-18H2,1-4H3/t19-,21-,22-,23+,24-,25-,28-,29+/m0/s1. The fraction of sp³-hybridized carbons (Fsp3) is 0.867. The highest BCUT2D eigenvalue weighted by Crippen LogP contribution is 2.66. The molecular weight excluding hydrogens is 454 g/mol. The molecule has 1 saturated heterocycles. The predicted molar refractivity (Wildman–Crippen MR) is 138 cm³/mol. The van der Waals surface area contributed by atoms with Crippen LogP contribution in [0.1, 0.15) is 98.3 Å². The Morgan fingerprint density at radius 2 is 1.81 bits per heavy atom. The highest BCUT2D eigenvalue weighted by Gasteiger charge is 2.59. The van der Waals surface area contributed by atoms with E-state index in [2.05, 4.69) is 19.9 Å². The molecule has 0 unspecified atom stereocenters. The molecule has 0 aromatic heterocycles. The molecule has 36 heavy (non-hydrogen) atoms. The lowest BCUT2D eigenvalue weighted by atomic mass is 9.47. The Bertz CT molecular complexity index is 907. The van der Waals surface area contributed by atoms with E-state index in [9.17, 15) is 19.8 Å². The Labute approximate surface area is 216 Å². The number of fused-ring (bicyclic) bond motifs is 5. The molecule has 1 amide bonds. The van der Waals surface area contributed by atoms with Crippen LogP contribution in [-0.2, 0) is 14.3 Å². The van der Waals surface area contributed by atoms with Gasteiger partial charge in [0.1, 0.15) is 6.10 Å². The van der Waals surface area contributed by atoms with Gasteiger partial charge in [-0.1, -0.05) is 32.4 Å². The van der Waals surface area contributed by atoms with Crippen LogP contribution >= 0.6 is 0 Å². The van der Waals surface area contributed by atoms with Crippen molar-refractivity contribution >= 4 is 11.9 Å². The Hall–Kier alpha value is -1.40. The van der Waals surface area contributed by atoms with Crippen molar-refractivity contribution < 1.29 is 24.5 Å². The third kappa shape index (κ3) is 4.24. The first-order valence-electron chi connectivity index (χ1n) is 14.6. The van der Waals surface area contributed by atoms with E-state index in [-0.39, 0.29) is 29.0 Å². The van der Waals surface area contributed by atoms with Crippen LogP contribution in [0.25, 0.3) is 0 Å². The summed E-state index contributed by atoms with van der Waals surface area (Å²) in [6.45, 7) is 9.63. The second-order valence-corrected chi connectivity index (χ2v) is 13.4. The molecule has 5 rings (SSSR count). The number of rotatable bonds is 3. The van der Waals surface area contributed by atoms with Crippen LogP contribution in [0.5, 0.6) is 0 Å². The van der Waals surface area contributed by atoms with Crippen molar-refractivity contribution in [2.24, 2.45) is 34.5 Å². The van der Waals surface area contributed by atoms with Crippen LogP contribution < -0.4 is 0 Å². The number of amides is 1. The summed E-state index contributed by atoms with van der Waals surface area (Å²) < 4.78 is 5.86. The van der Waals surface area contributed by atoms with Crippen LogP contribution in [0.2, 0.25) is 0 Å². The molecule has 6 heteroatoms. The zero-order valence-corrected chi connectivity index (χ0v) is 22.8. The molecule has 0 radical (unpaired) electrons. The monoisotopic (exact) mass is 501 g/mol. The van der Waals surface area contributed by atoms with Crippen LogP contribution in [0, 0.1) is 34.5 Å². The highest BCUT2D eigenvalue weighted by atomic mass is 16.5. The summed E-state index contributed by atoms with van der Waals surface area (Å²) in [6, 6.07) is 0. The molecule has 4 fully saturated rings. The third-order valence-corrected chi connectivity index (χ3v) is 11.8. The van der Waals surface area contributed by atoms with Crippen LogP contribution in [0.3, 0.4) is 0 Å². The van der Waals surface area contributed by atoms with Gasteiger partial charge in [-0.25, -0.2) is 4.79 Å². The van der Waals surface area contributed by atoms with Gasteiger partial charge in [0.15, 0.2) is 0 Å². The molecule has 6 nitrogen and oxygen atoms in total. The highest BCUT2D eigenvalue weighted by molar-refractivity contribution is 6.32. The molecule has 8 atom stereocenters. The van der Waals surface area contributed by atoms with Crippen LogP contribution in [0.15, 0.2) is 11.6 Å². The number of piperidine rings is 1. The summed E-state index contributed by atoms with van der Waals surface area (Å²) in [4.78, 5) is 27.2. The van der Waals surface area contributed by atoms with Gasteiger partial charge in [0.25, 0.3) is 0 Å². The SMILES string of the molecule is CCC1(O)CCN(C(=O)C(=O)O[C@@H](C)[C@H]2CC[C@H]3[C@@H]4CC=C5C[C@@H](O)CC[C@]5(C)[C@H]4CC[C@]23C)CC1. The maximum atomic E-state index is 12.9. The van der Waals surface area contributed by atoms with E-state index in [1.54, 1.807) is 4.90 Å². The molecule has 1 heterocycles.